The van der Waals surface area contributed by atoms with Gasteiger partial charge in [0.1, 0.15) is 36.6 Å². The van der Waals surface area contributed by atoms with Gasteiger partial charge < -0.3 is 74.4 Å². The molecule has 6 aliphatic rings. The van der Waals surface area contributed by atoms with Gasteiger partial charge in [0, 0.05) is 32.5 Å². The highest BCUT2D eigenvalue weighted by Crippen LogP contribution is 2.70. The second kappa shape index (κ2) is 17.4. The number of ether oxygens (including phenoxy) is 6. The van der Waals surface area contributed by atoms with E-state index in [1.807, 2.05) is 6.92 Å². The lowest BCUT2D eigenvalue weighted by Crippen LogP contribution is -2.71. The fourth-order valence-electron chi connectivity index (χ4n) is 13.0. The van der Waals surface area contributed by atoms with Crippen molar-refractivity contribution in [3.05, 3.63) is 0 Å². The van der Waals surface area contributed by atoms with Crippen LogP contribution in [-0.4, -0.2) is 165 Å². The molecular formula is C41H72O15. The molecule has 22 atom stereocenters. The average Bonchev–Trinajstić information content (AvgIpc) is 3.55. The lowest BCUT2D eigenvalue weighted by atomic mass is 9.41. The normalized spacial score (nSPS) is 51.7. The van der Waals surface area contributed by atoms with Crippen LogP contribution in [0.3, 0.4) is 0 Å². The maximum Gasteiger partial charge on any atom is 0.187 e. The first kappa shape index (κ1) is 44.9. The van der Waals surface area contributed by atoms with Gasteiger partial charge in [0.05, 0.1) is 55.9 Å². The van der Waals surface area contributed by atoms with Crippen LogP contribution in [0, 0.1) is 52.3 Å². The summed E-state index contributed by atoms with van der Waals surface area (Å²) in [7, 11) is 2.88. The molecule has 0 amide bonds. The largest absolute Gasteiger partial charge is 0.394 e. The summed E-state index contributed by atoms with van der Waals surface area (Å²) in [5.74, 6) is -1.36. The van der Waals surface area contributed by atoms with Crippen LogP contribution in [0.1, 0.15) is 86.0 Å². The number of hydrogen-bond acceptors (Lipinski definition) is 15. The molecular weight excluding hydrogens is 732 g/mol. The zero-order chi connectivity index (χ0) is 41.1. The second-order valence-electron chi connectivity index (χ2n) is 19.2. The summed E-state index contributed by atoms with van der Waals surface area (Å²) >= 11 is 0. The smallest absolute Gasteiger partial charge is 0.187 e. The van der Waals surface area contributed by atoms with Crippen molar-refractivity contribution < 1.29 is 74.4 Å². The lowest BCUT2D eigenvalue weighted by molar-refractivity contribution is -0.309. The average molecular weight is 805 g/mol. The quantitative estimate of drug-likeness (QED) is 0.115. The van der Waals surface area contributed by atoms with E-state index in [1.54, 1.807) is 0 Å². The predicted molar refractivity (Wildman–Crippen MR) is 200 cm³/mol. The number of aliphatic hydroxyl groups is 9. The number of aliphatic hydroxyl groups excluding tert-OH is 8. The summed E-state index contributed by atoms with van der Waals surface area (Å²) < 4.78 is 34.7. The molecule has 15 heteroatoms. The molecule has 9 N–H and O–H groups in total. The molecule has 2 heterocycles. The first-order valence-corrected chi connectivity index (χ1v) is 21.1. The van der Waals surface area contributed by atoms with Gasteiger partial charge in [-0.05, 0) is 78.9 Å². The van der Waals surface area contributed by atoms with Crippen molar-refractivity contribution in [2.24, 2.45) is 52.3 Å². The molecule has 0 aromatic heterocycles. The van der Waals surface area contributed by atoms with Gasteiger partial charge in [-0.2, -0.15) is 0 Å². The van der Waals surface area contributed by atoms with E-state index in [1.165, 1.54) is 14.2 Å². The summed E-state index contributed by atoms with van der Waals surface area (Å²) in [6.45, 7) is 10.4. The molecule has 56 heavy (non-hydrogen) atoms. The van der Waals surface area contributed by atoms with Gasteiger partial charge in [-0.15, -0.1) is 0 Å². The Balaban J connectivity index is 1.09. The Morgan fingerprint density at radius 3 is 2.09 bits per heavy atom. The molecule has 326 valence electrons. The number of hydrogen-bond donors (Lipinski definition) is 9. The molecule has 2 aliphatic heterocycles. The van der Waals surface area contributed by atoms with Crippen molar-refractivity contribution in [1.82, 2.24) is 0 Å². The van der Waals surface area contributed by atoms with Crippen molar-refractivity contribution in [2.45, 2.75) is 171 Å². The zero-order valence-electron chi connectivity index (χ0n) is 34.3. The highest BCUT2D eigenvalue weighted by molar-refractivity contribution is 5.22. The first-order valence-electron chi connectivity index (χ1n) is 21.1. The van der Waals surface area contributed by atoms with E-state index in [0.717, 1.165) is 12.8 Å². The topological polar surface area (TPSA) is 237 Å². The van der Waals surface area contributed by atoms with Crippen LogP contribution >= 0.6 is 0 Å². The molecule has 0 spiro atoms. The number of methoxy groups -OCH3 is 2. The minimum absolute atomic E-state index is 0.00541. The Kier molecular flexibility index (Phi) is 14.0. The van der Waals surface area contributed by atoms with Crippen molar-refractivity contribution in [1.29, 1.82) is 0 Å². The molecule has 15 nitrogen and oxygen atoms in total. The van der Waals surface area contributed by atoms with Crippen molar-refractivity contribution in [2.75, 3.05) is 34.0 Å². The monoisotopic (exact) mass is 804 g/mol. The van der Waals surface area contributed by atoms with Gasteiger partial charge in [-0.3, -0.25) is 0 Å². The Morgan fingerprint density at radius 1 is 0.750 bits per heavy atom. The van der Waals surface area contributed by atoms with Gasteiger partial charge in [0.25, 0.3) is 0 Å². The minimum Gasteiger partial charge on any atom is -0.394 e. The zero-order valence-corrected chi connectivity index (χ0v) is 34.3. The summed E-state index contributed by atoms with van der Waals surface area (Å²) in [6, 6.07) is 0. The van der Waals surface area contributed by atoms with E-state index in [2.05, 4.69) is 27.7 Å². The summed E-state index contributed by atoms with van der Waals surface area (Å²) in [4.78, 5) is 0. The van der Waals surface area contributed by atoms with E-state index < -0.39 is 115 Å². The molecule has 6 rings (SSSR count). The third-order valence-electron chi connectivity index (χ3n) is 16.0. The van der Waals surface area contributed by atoms with E-state index in [-0.39, 0.29) is 49.2 Å². The van der Waals surface area contributed by atoms with Crippen LogP contribution in [0.25, 0.3) is 0 Å². The van der Waals surface area contributed by atoms with Crippen LogP contribution < -0.4 is 0 Å². The summed E-state index contributed by atoms with van der Waals surface area (Å²) in [5, 5.41) is 101. The molecule has 11 unspecified atom stereocenters. The standard InChI is InChI=1S/C41H72O15/c1-19(2)21(12-15-53-38-35(30(46)24(17-42)55-38)56-37-34(52-7)31(47)25(51-6)18-54-37)9-8-20(3)27-32(48)33(49)36-40(27,5)14-11-26-39(4)13-10-22(43)29(45)28(39)23(44)16-41(26,36)50/h19-38,42-50H,8-18H2,1-7H3/t20-,21-,22+,23+,24?,25?,26?,27+,28?,29+,30?,31?,32-,33-,34?,35?,36?,37?,38?,39-,40-,41+/m1/s1. The SMILES string of the molecule is COC1COC(OC2C(OCC[C@@H](CC[C@@H](C)[C@H]3[C@@H](O)[C@@H](O)C4[C@]5(O)C[C@H](O)C6[C@@H](O)[C@@H](O)CC[C@]6(C)C5CC[C@@]43C)C(C)C)OC(CO)C2O)C(OC)C1O. The Hall–Kier alpha value is -0.600. The molecule has 4 aliphatic carbocycles. The van der Waals surface area contributed by atoms with Crippen LogP contribution in [0.15, 0.2) is 0 Å². The van der Waals surface area contributed by atoms with E-state index in [4.69, 9.17) is 28.4 Å². The van der Waals surface area contributed by atoms with Crippen LogP contribution in [0.5, 0.6) is 0 Å². The fourth-order valence-corrected chi connectivity index (χ4v) is 13.0. The molecule has 4 saturated carbocycles. The van der Waals surface area contributed by atoms with Gasteiger partial charge in [-0.25, -0.2) is 0 Å². The van der Waals surface area contributed by atoms with E-state index in [0.29, 0.717) is 32.1 Å². The van der Waals surface area contributed by atoms with E-state index in [9.17, 15) is 46.0 Å². The van der Waals surface area contributed by atoms with Crippen molar-refractivity contribution in [3.63, 3.8) is 0 Å². The maximum absolute atomic E-state index is 12.7. The summed E-state index contributed by atoms with van der Waals surface area (Å²) in [6.07, 6.45) is -8.66. The number of rotatable bonds is 14. The van der Waals surface area contributed by atoms with Gasteiger partial charge in [0.15, 0.2) is 12.6 Å². The molecule has 0 aromatic rings. The Labute approximate surface area is 331 Å². The first-order chi connectivity index (χ1) is 26.4. The van der Waals surface area contributed by atoms with Gasteiger partial charge in [0.2, 0.25) is 0 Å². The molecule has 2 saturated heterocycles. The van der Waals surface area contributed by atoms with Crippen LogP contribution in [0.4, 0.5) is 0 Å². The fraction of sp³-hybridized carbons (Fsp3) is 1.00. The lowest BCUT2D eigenvalue weighted by Gasteiger charge is -2.66. The highest BCUT2D eigenvalue weighted by Gasteiger charge is 2.73. The maximum atomic E-state index is 12.7. The van der Waals surface area contributed by atoms with Gasteiger partial charge >= 0.3 is 0 Å². The van der Waals surface area contributed by atoms with Gasteiger partial charge in [-0.1, -0.05) is 41.0 Å². The van der Waals surface area contributed by atoms with Crippen LogP contribution in [0.2, 0.25) is 0 Å². The third kappa shape index (κ3) is 7.65. The predicted octanol–water partition coefficient (Wildman–Crippen LogP) is 0.310. The van der Waals surface area contributed by atoms with E-state index >= 15 is 0 Å². The third-order valence-corrected chi connectivity index (χ3v) is 16.0. The highest BCUT2D eigenvalue weighted by atomic mass is 16.8. The molecule has 0 radical (unpaired) electrons. The second-order valence-corrected chi connectivity index (χ2v) is 19.2. The Morgan fingerprint density at radius 2 is 1.45 bits per heavy atom. The van der Waals surface area contributed by atoms with Crippen molar-refractivity contribution in [3.8, 4) is 0 Å². The van der Waals surface area contributed by atoms with Crippen molar-refractivity contribution >= 4 is 0 Å². The summed E-state index contributed by atoms with van der Waals surface area (Å²) in [5.41, 5.74) is -2.68. The Bertz CT molecular complexity index is 1290. The molecule has 6 fully saturated rings. The van der Waals surface area contributed by atoms with Crippen LogP contribution in [-0.2, 0) is 28.4 Å². The number of fused-ring (bicyclic) bond motifs is 5. The molecule has 0 aromatic carbocycles. The minimum atomic E-state index is -1.45. The molecule has 0 bridgehead atoms.